The summed E-state index contributed by atoms with van der Waals surface area (Å²) in [5.41, 5.74) is -0.253. The highest BCUT2D eigenvalue weighted by atomic mass is 16.7. The molecule has 178 valence electrons. The fraction of sp³-hybridized carbons (Fsp3) is 0.250. The van der Waals surface area contributed by atoms with E-state index in [2.05, 4.69) is 4.98 Å². The molecule has 34 heavy (non-hydrogen) atoms. The number of pyridine rings is 1. The van der Waals surface area contributed by atoms with Gasteiger partial charge in [0, 0.05) is 12.5 Å². The number of aromatic nitrogens is 1. The molecular formula is C24H24N2O8. The number of anilines is 1. The van der Waals surface area contributed by atoms with Crippen LogP contribution >= 0.6 is 0 Å². The first-order valence-corrected chi connectivity index (χ1v) is 10.5. The van der Waals surface area contributed by atoms with Gasteiger partial charge in [0.2, 0.25) is 0 Å². The van der Waals surface area contributed by atoms with E-state index in [1.165, 1.54) is 19.2 Å². The quantitative estimate of drug-likeness (QED) is 0.516. The first kappa shape index (κ1) is 24.5. The highest BCUT2D eigenvalue weighted by Crippen LogP contribution is 2.30. The molecule has 0 aliphatic heterocycles. The zero-order valence-electron chi connectivity index (χ0n) is 19.0. The van der Waals surface area contributed by atoms with E-state index >= 15 is 0 Å². The molecule has 0 aliphatic carbocycles. The number of amides is 2. The Morgan fingerprint density at radius 2 is 1.68 bits per heavy atom. The van der Waals surface area contributed by atoms with Crippen LogP contribution in [0.2, 0.25) is 0 Å². The number of ether oxygens (including phenoxy) is 4. The third-order valence-electron chi connectivity index (χ3n) is 4.67. The molecule has 3 rings (SSSR count). The number of nitrogens with zero attached hydrogens (tertiary/aromatic N) is 1. The molecular weight excluding hydrogens is 444 g/mol. The number of nitrogens with one attached hydrogen (secondary N) is 1. The molecule has 2 amide bonds. The Kier molecular flexibility index (Phi) is 7.99. The molecule has 1 aromatic heterocycles. The molecule has 2 aromatic carbocycles. The number of methoxy groups -OCH3 is 1. The molecule has 0 saturated carbocycles. The fourth-order valence-electron chi connectivity index (χ4n) is 3.28. The van der Waals surface area contributed by atoms with Gasteiger partial charge in [0.05, 0.1) is 31.0 Å². The molecule has 0 bridgehead atoms. The maximum absolute atomic E-state index is 13.6. The Bertz CT molecular complexity index is 1250. The number of aromatic amines is 1. The minimum Gasteiger partial charge on any atom is -0.449 e. The molecule has 10 heteroatoms. The number of rotatable bonds is 7. The van der Waals surface area contributed by atoms with Crippen molar-refractivity contribution < 1.29 is 33.3 Å². The highest BCUT2D eigenvalue weighted by molar-refractivity contribution is 6.21. The average Bonchev–Trinajstić information content (AvgIpc) is 2.81. The third-order valence-corrected chi connectivity index (χ3v) is 4.67. The van der Waals surface area contributed by atoms with Gasteiger partial charge in [-0.05, 0) is 43.7 Å². The molecule has 1 heterocycles. The number of hydrogen-bond donors (Lipinski definition) is 1. The standard InChI is InChI=1S/C24H24N2O8/c1-4-32-23(29)26(16-9-7-6-8-10-16)22(28)19-20(34-24(30)33-5-2)17-13-15(14-31-3)11-12-18(17)25-21(19)27/h6-13H,4-5,14H2,1-3H3,(H,25,27). The summed E-state index contributed by atoms with van der Waals surface area (Å²) in [4.78, 5) is 55.0. The van der Waals surface area contributed by atoms with Crippen LogP contribution in [-0.4, -0.2) is 43.5 Å². The highest BCUT2D eigenvalue weighted by Gasteiger charge is 2.33. The zero-order chi connectivity index (χ0) is 24.7. The van der Waals surface area contributed by atoms with Crippen molar-refractivity contribution in [1.29, 1.82) is 0 Å². The number of para-hydroxylation sites is 1. The number of carbonyl (C=O) groups excluding carboxylic acids is 3. The second-order valence-electron chi connectivity index (χ2n) is 6.93. The largest absolute Gasteiger partial charge is 0.513 e. The van der Waals surface area contributed by atoms with Gasteiger partial charge in [-0.15, -0.1) is 0 Å². The van der Waals surface area contributed by atoms with Crippen LogP contribution in [0.4, 0.5) is 15.3 Å². The maximum atomic E-state index is 13.6. The number of hydrogen-bond acceptors (Lipinski definition) is 8. The summed E-state index contributed by atoms with van der Waals surface area (Å²) >= 11 is 0. The van der Waals surface area contributed by atoms with Crippen LogP contribution in [0.25, 0.3) is 10.9 Å². The molecule has 0 spiro atoms. The Morgan fingerprint density at radius 1 is 0.971 bits per heavy atom. The van der Waals surface area contributed by atoms with E-state index in [0.717, 1.165) is 0 Å². The van der Waals surface area contributed by atoms with Crippen molar-refractivity contribution in [1.82, 2.24) is 4.98 Å². The molecule has 0 atom stereocenters. The van der Waals surface area contributed by atoms with Crippen LogP contribution in [0.5, 0.6) is 5.75 Å². The molecule has 0 saturated heterocycles. The SMILES string of the molecule is CCOC(=O)Oc1c(C(=O)N(C(=O)OCC)c2ccccc2)c(=O)[nH]c2ccc(COC)cc12. The van der Waals surface area contributed by atoms with E-state index in [4.69, 9.17) is 18.9 Å². The zero-order valence-corrected chi connectivity index (χ0v) is 19.0. The van der Waals surface area contributed by atoms with Gasteiger partial charge in [-0.2, -0.15) is 0 Å². The van der Waals surface area contributed by atoms with Gasteiger partial charge in [-0.25, -0.2) is 14.5 Å². The predicted octanol–water partition coefficient (Wildman–Crippen LogP) is 4.01. The van der Waals surface area contributed by atoms with Crippen molar-refractivity contribution >= 4 is 34.7 Å². The van der Waals surface area contributed by atoms with Crippen LogP contribution in [0.1, 0.15) is 29.8 Å². The van der Waals surface area contributed by atoms with Crippen molar-refractivity contribution in [2.24, 2.45) is 0 Å². The lowest BCUT2D eigenvalue weighted by atomic mass is 10.1. The van der Waals surface area contributed by atoms with Crippen molar-refractivity contribution in [2.75, 3.05) is 25.2 Å². The molecule has 3 aromatic rings. The van der Waals surface area contributed by atoms with E-state index < -0.39 is 29.3 Å². The average molecular weight is 468 g/mol. The smallest absolute Gasteiger partial charge is 0.449 e. The first-order chi connectivity index (χ1) is 16.4. The lowest BCUT2D eigenvalue weighted by Crippen LogP contribution is -2.40. The lowest BCUT2D eigenvalue weighted by molar-refractivity contribution is 0.0953. The van der Waals surface area contributed by atoms with E-state index in [-0.39, 0.29) is 36.6 Å². The summed E-state index contributed by atoms with van der Waals surface area (Å²) in [6, 6.07) is 12.9. The van der Waals surface area contributed by atoms with Gasteiger partial charge >= 0.3 is 12.2 Å². The van der Waals surface area contributed by atoms with Crippen LogP contribution in [-0.2, 0) is 20.8 Å². The third kappa shape index (κ3) is 5.24. The van der Waals surface area contributed by atoms with E-state index in [9.17, 15) is 19.2 Å². The van der Waals surface area contributed by atoms with Crippen LogP contribution in [0, 0.1) is 0 Å². The van der Waals surface area contributed by atoms with Gasteiger partial charge in [0.15, 0.2) is 5.75 Å². The van der Waals surface area contributed by atoms with Gasteiger partial charge in [-0.3, -0.25) is 9.59 Å². The second kappa shape index (κ2) is 11.1. The summed E-state index contributed by atoms with van der Waals surface area (Å²) in [6.07, 6.45) is -2.10. The minimum absolute atomic E-state index is 0.00388. The van der Waals surface area contributed by atoms with E-state index in [1.807, 2.05) is 0 Å². The topological polar surface area (TPSA) is 124 Å². The second-order valence-corrected chi connectivity index (χ2v) is 6.93. The normalized spacial score (nSPS) is 10.6. The van der Waals surface area contributed by atoms with E-state index in [0.29, 0.717) is 16.0 Å². The number of imide groups is 1. The van der Waals surface area contributed by atoms with Gasteiger partial charge < -0.3 is 23.9 Å². The van der Waals surface area contributed by atoms with Crippen molar-refractivity contribution in [2.45, 2.75) is 20.5 Å². The Balaban J connectivity index is 2.26. The minimum atomic E-state index is -1.11. The Hall–Kier alpha value is -4.18. The molecule has 0 aliphatic rings. The molecule has 0 unspecified atom stereocenters. The van der Waals surface area contributed by atoms with Crippen LogP contribution in [0.15, 0.2) is 53.3 Å². The van der Waals surface area contributed by atoms with Crippen molar-refractivity contribution in [3.8, 4) is 5.75 Å². The number of carbonyl (C=O) groups is 3. The van der Waals surface area contributed by atoms with Gasteiger partial charge in [-0.1, -0.05) is 24.3 Å². The Labute approximate surface area is 195 Å². The van der Waals surface area contributed by atoms with Crippen LogP contribution in [0.3, 0.4) is 0 Å². The van der Waals surface area contributed by atoms with E-state index in [1.54, 1.807) is 50.2 Å². The maximum Gasteiger partial charge on any atom is 0.513 e. The number of benzene rings is 2. The summed E-state index contributed by atoms with van der Waals surface area (Å²) in [7, 11) is 1.51. The fourth-order valence-corrected chi connectivity index (χ4v) is 3.28. The van der Waals surface area contributed by atoms with Crippen molar-refractivity contribution in [3.63, 3.8) is 0 Å². The van der Waals surface area contributed by atoms with Crippen molar-refractivity contribution in [3.05, 3.63) is 70.0 Å². The number of fused-ring (bicyclic) bond motifs is 1. The predicted molar refractivity (Wildman–Crippen MR) is 123 cm³/mol. The summed E-state index contributed by atoms with van der Waals surface area (Å²) < 4.78 is 20.4. The molecule has 0 radical (unpaired) electrons. The first-order valence-electron chi connectivity index (χ1n) is 10.5. The summed E-state index contributed by atoms with van der Waals surface area (Å²) in [6.45, 7) is 3.40. The van der Waals surface area contributed by atoms with Gasteiger partial charge in [0.25, 0.3) is 11.5 Å². The van der Waals surface area contributed by atoms with Gasteiger partial charge in [0.1, 0.15) is 5.56 Å². The molecule has 1 N–H and O–H groups in total. The summed E-state index contributed by atoms with van der Waals surface area (Å²) in [5, 5.41) is 0.252. The monoisotopic (exact) mass is 468 g/mol. The molecule has 0 fully saturated rings. The molecule has 10 nitrogen and oxygen atoms in total. The van der Waals surface area contributed by atoms with Crippen LogP contribution < -0.4 is 15.2 Å². The number of H-pyrrole nitrogens is 1. The summed E-state index contributed by atoms with van der Waals surface area (Å²) in [5.74, 6) is -1.38. The Morgan fingerprint density at radius 3 is 2.32 bits per heavy atom. The lowest BCUT2D eigenvalue weighted by Gasteiger charge is -2.21.